The zero-order valence-electron chi connectivity index (χ0n) is 16.3. The van der Waals surface area contributed by atoms with E-state index in [-0.39, 0.29) is 5.82 Å². The lowest BCUT2D eigenvalue weighted by molar-refractivity contribution is 0.300. The Labute approximate surface area is 163 Å². The molecule has 1 aliphatic rings. The van der Waals surface area contributed by atoms with Crippen molar-refractivity contribution in [2.75, 3.05) is 7.05 Å². The molecule has 4 rings (SSSR count). The third-order valence-corrected chi connectivity index (χ3v) is 5.41. The van der Waals surface area contributed by atoms with Gasteiger partial charge in [0.15, 0.2) is 0 Å². The van der Waals surface area contributed by atoms with Crippen LogP contribution in [0.4, 0.5) is 4.39 Å². The monoisotopic (exact) mass is 383 g/mol. The molecule has 0 saturated heterocycles. The van der Waals surface area contributed by atoms with Crippen LogP contribution in [0.2, 0.25) is 0 Å². The summed E-state index contributed by atoms with van der Waals surface area (Å²) < 4.78 is 15.4. The quantitative estimate of drug-likeness (QED) is 0.655. The van der Waals surface area contributed by atoms with Gasteiger partial charge in [0.05, 0.1) is 18.4 Å². The lowest BCUT2D eigenvalue weighted by atomic mass is 9.80. The molecule has 2 aromatic heterocycles. The van der Waals surface area contributed by atoms with E-state index in [0.717, 1.165) is 47.9 Å². The van der Waals surface area contributed by atoms with E-state index in [9.17, 15) is 4.39 Å². The lowest BCUT2D eigenvalue weighted by Crippen LogP contribution is -2.36. The molecular formula is C20H26FN7. The molecule has 148 valence electrons. The van der Waals surface area contributed by atoms with Gasteiger partial charge in [-0.05, 0) is 51.1 Å². The maximum atomic E-state index is 13.2. The molecular weight excluding hydrogens is 357 g/mol. The van der Waals surface area contributed by atoms with Crippen molar-refractivity contribution < 1.29 is 4.39 Å². The smallest absolute Gasteiger partial charge is 0.147 e. The third-order valence-electron chi connectivity index (χ3n) is 5.41. The summed E-state index contributed by atoms with van der Waals surface area (Å²) in [6.45, 7) is 4.36. The highest BCUT2D eigenvalue weighted by molar-refractivity contribution is 5.62. The second kappa shape index (κ2) is 7.81. The zero-order chi connectivity index (χ0) is 19.7. The molecule has 28 heavy (non-hydrogen) atoms. The normalized spacial score (nSPS) is 19.2. The number of hydrogen-bond acceptors (Lipinski definition) is 5. The van der Waals surface area contributed by atoms with Crippen molar-refractivity contribution in [2.45, 2.75) is 51.4 Å². The van der Waals surface area contributed by atoms with Crippen molar-refractivity contribution in [3.05, 3.63) is 53.5 Å². The first-order valence-electron chi connectivity index (χ1n) is 9.69. The molecule has 3 aromatic rings. The fourth-order valence-electron chi connectivity index (χ4n) is 3.87. The van der Waals surface area contributed by atoms with Crippen molar-refractivity contribution in [1.29, 1.82) is 0 Å². The molecule has 0 aliphatic heterocycles. The molecule has 0 bridgehead atoms. The number of nitrogens with one attached hydrogen (secondary N) is 1. The SMILES string of the molecule is CCn1c(CN(C)Cc2cn[nH]c2-c2ccc(F)cc2)nnc1C1CC(N)C1. The summed E-state index contributed by atoms with van der Waals surface area (Å²) in [6.07, 6.45) is 3.80. The minimum absolute atomic E-state index is 0.246. The first kappa shape index (κ1) is 18.8. The molecule has 0 atom stereocenters. The van der Waals surface area contributed by atoms with Crippen molar-refractivity contribution in [3.8, 4) is 11.3 Å². The first-order valence-corrected chi connectivity index (χ1v) is 9.69. The van der Waals surface area contributed by atoms with Gasteiger partial charge in [0.1, 0.15) is 17.5 Å². The van der Waals surface area contributed by atoms with Crippen molar-refractivity contribution in [1.82, 2.24) is 29.9 Å². The number of H-pyrrole nitrogens is 1. The number of hydrogen-bond donors (Lipinski definition) is 2. The lowest BCUT2D eigenvalue weighted by Gasteiger charge is -2.31. The Balaban J connectivity index is 1.46. The molecule has 7 nitrogen and oxygen atoms in total. The highest BCUT2D eigenvalue weighted by atomic mass is 19.1. The largest absolute Gasteiger partial charge is 0.328 e. The van der Waals surface area contributed by atoms with Crippen LogP contribution < -0.4 is 5.73 Å². The number of benzene rings is 1. The van der Waals surface area contributed by atoms with Crippen molar-refractivity contribution in [3.63, 3.8) is 0 Å². The second-order valence-corrected chi connectivity index (χ2v) is 7.60. The van der Waals surface area contributed by atoms with Crippen LogP contribution in [0.1, 0.15) is 42.9 Å². The van der Waals surface area contributed by atoms with Crippen LogP contribution in [0.5, 0.6) is 0 Å². The Kier molecular flexibility index (Phi) is 5.23. The Bertz CT molecular complexity index is 924. The fraction of sp³-hybridized carbons (Fsp3) is 0.450. The van der Waals surface area contributed by atoms with Crippen molar-refractivity contribution >= 4 is 0 Å². The van der Waals surface area contributed by atoms with Crippen LogP contribution in [-0.4, -0.2) is 43.0 Å². The van der Waals surface area contributed by atoms with Crippen molar-refractivity contribution in [2.24, 2.45) is 5.73 Å². The van der Waals surface area contributed by atoms with Gasteiger partial charge in [-0.2, -0.15) is 5.10 Å². The summed E-state index contributed by atoms with van der Waals surface area (Å²) in [7, 11) is 2.05. The van der Waals surface area contributed by atoms with Gasteiger partial charge in [0.25, 0.3) is 0 Å². The molecule has 3 N–H and O–H groups in total. The van der Waals surface area contributed by atoms with Gasteiger partial charge in [0, 0.05) is 36.2 Å². The summed E-state index contributed by atoms with van der Waals surface area (Å²) in [4.78, 5) is 2.18. The highest BCUT2D eigenvalue weighted by Gasteiger charge is 2.32. The Morgan fingerprint density at radius 3 is 2.64 bits per heavy atom. The Morgan fingerprint density at radius 2 is 1.96 bits per heavy atom. The van der Waals surface area contributed by atoms with E-state index < -0.39 is 0 Å². The van der Waals surface area contributed by atoms with Gasteiger partial charge >= 0.3 is 0 Å². The molecule has 0 radical (unpaired) electrons. The van der Waals surface area contributed by atoms with E-state index in [2.05, 4.69) is 43.8 Å². The minimum Gasteiger partial charge on any atom is -0.328 e. The second-order valence-electron chi connectivity index (χ2n) is 7.60. The van der Waals surface area contributed by atoms with E-state index in [1.165, 1.54) is 12.1 Å². The van der Waals surface area contributed by atoms with E-state index in [1.54, 1.807) is 12.1 Å². The van der Waals surface area contributed by atoms with E-state index in [0.29, 0.717) is 25.0 Å². The average molecular weight is 383 g/mol. The number of halogens is 1. The predicted molar refractivity (Wildman–Crippen MR) is 105 cm³/mol. The number of nitrogens with two attached hydrogens (primary N) is 1. The molecule has 8 heteroatoms. The van der Waals surface area contributed by atoms with Crippen LogP contribution in [0, 0.1) is 5.82 Å². The summed E-state index contributed by atoms with van der Waals surface area (Å²) in [5.74, 6) is 2.21. The molecule has 2 heterocycles. The Hall–Kier alpha value is -2.58. The molecule has 1 saturated carbocycles. The van der Waals surface area contributed by atoms with Crippen LogP contribution >= 0.6 is 0 Å². The van der Waals surface area contributed by atoms with E-state index >= 15 is 0 Å². The molecule has 1 fully saturated rings. The van der Waals surface area contributed by atoms with Crippen LogP contribution in [0.15, 0.2) is 30.5 Å². The third kappa shape index (κ3) is 3.70. The topological polar surface area (TPSA) is 88.7 Å². The van der Waals surface area contributed by atoms with Gasteiger partial charge < -0.3 is 10.3 Å². The molecule has 1 aromatic carbocycles. The van der Waals surface area contributed by atoms with Crippen LogP contribution in [0.25, 0.3) is 11.3 Å². The summed E-state index contributed by atoms with van der Waals surface area (Å²) in [6, 6.07) is 6.73. The van der Waals surface area contributed by atoms with Gasteiger partial charge in [-0.25, -0.2) is 4.39 Å². The first-order chi connectivity index (χ1) is 13.5. The number of aromatic nitrogens is 5. The van der Waals surface area contributed by atoms with Gasteiger partial charge in [0.2, 0.25) is 0 Å². The Morgan fingerprint density at radius 1 is 1.21 bits per heavy atom. The molecule has 0 spiro atoms. The summed E-state index contributed by atoms with van der Waals surface area (Å²) >= 11 is 0. The number of aromatic amines is 1. The number of nitrogens with zero attached hydrogens (tertiary/aromatic N) is 5. The summed E-state index contributed by atoms with van der Waals surface area (Å²) in [5, 5.41) is 16.1. The molecule has 1 aliphatic carbocycles. The predicted octanol–water partition coefficient (Wildman–Crippen LogP) is 2.66. The summed E-state index contributed by atoms with van der Waals surface area (Å²) in [5.41, 5.74) is 8.82. The molecule has 0 amide bonds. The standard InChI is InChI=1S/C20H26FN7/c1-3-28-18(24-26-20(28)14-8-17(22)9-14)12-27(2)11-15-10-23-25-19(15)13-4-6-16(21)7-5-13/h4-7,10,14,17H,3,8-9,11-12,22H2,1-2H3,(H,23,25). The zero-order valence-corrected chi connectivity index (χ0v) is 16.3. The maximum absolute atomic E-state index is 13.2. The van der Waals surface area contributed by atoms with Gasteiger partial charge in [-0.15, -0.1) is 10.2 Å². The van der Waals surface area contributed by atoms with Gasteiger partial charge in [-0.1, -0.05) is 0 Å². The highest BCUT2D eigenvalue weighted by Crippen LogP contribution is 2.35. The maximum Gasteiger partial charge on any atom is 0.147 e. The number of rotatable bonds is 7. The van der Waals surface area contributed by atoms with Gasteiger partial charge in [-0.3, -0.25) is 10.00 Å². The fourth-order valence-corrected chi connectivity index (χ4v) is 3.87. The van der Waals surface area contributed by atoms with E-state index in [4.69, 9.17) is 5.73 Å². The average Bonchev–Trinajstić information content (AvgIpc) is 3.26. The van der Waals surface area contributed by atoms with Crippen LogP contribution in [0.3, 0.4) is 0 Å². The van der Waals surface area contributed by atoms with Crippen LogP contribution in [-0.2, 0) is 19.6 Å². The molecule has 0 unspecified atom stereocenters. The minimum atomic E-state index is -0.246. The van der Waals surface area contributed by atoms with E-state index in [1.807, 2.05) is 6.20 Å².